The molecule has 18 heavy (non-hydrogen) atoms. The lowest BCUT2D eigenvalue weighted by molar-refractivity contribution is 0.377. The van der Waals surface area contributed by atoms with Gasteiger partial charge in [0.1, 0.15) is 0 Å². The van der Waals surface area contributed by atoms with Gasteiger partial charge in [-0.2, -0.15) is 5.26 Å². The molecule has 0 saturated carbocycles. The fourth-order valence-electron chi connectivity index (χ4n) is 1.27. The molecule has 0 amide bonds. The fraction of sp³-hybridized carbons (Fsp3) is 0.250. The summed E-state index contributed by atoms with van der Waals surface area (Å²) < 4.78 is 64.6. The molecule has 0 aliphatic rings. The largest absolute Gasteiger partial charge is 0.203 e. The number of halogens is 5. The van der Waals surface area contributed by atoms with Crippen LogP contribution in [0.2, 0.25) is 0 Å². The van der Waals surface area contributed by atoms with Crippen LogP contribution >= 0.6 is 0 Å². The van der Waals surface area contributed by atoms with Gasteiger partial charge in [-0.1, -0.05) is 12.2 Å². The van der Waals surface area contributed by atoms with Gasteiger partial charge in [-0.3, -0.25) is 0 Å². The minimum Gasteiger partial charge on any atom is -0.203 e. The summed E-state index contributed by atoms with van der Waals surface area (Å²) in [7, 11) is 0. The van der Waals surface area contributed by atoms with E-state index in [0.717, 1.165) is 6.08 Å². The molecule has 0 bridgehead atoms. The highest BCUT2D eigenvalue weighted by Crippen LogP contribution is 2.24. The van der Waals surface area contributed by atoms with Crippen molar-refractivity contribution in [1.82, 2.24) is 0 Å². The molecule has 0 aliphatic heterocycles. The Morgan fingerprint density at radius 2 is 1.39 bits per heavy atom. The molecule has 1 nitrogen and oxygen atoms in total. The summed E-state index contributed by atoms with van der Waals surface area (Å²) in [5, 5.41) is 8.24. The maximum absolute atomic E-state index is 13.2. The molecule has 0 N–H and O–H groups in total. The summed E-state index contributed by atoms with van der Waals surface area (Å²) in [6, 6.07) is 1.86. The van der Waals surface area contributed by atoms with Crippen LogP contribution in [0.3, 0.4) is 0 Å². The second-order valence-corrected chi connectivity index (χ2v) is 3.44. The first-order valence-electron chi connectivity index (χ1n) is 5.05. The molecule has 0 radical (unpaired) electrons. The third-order valence-electron chi connectivity index (χ3n) is 2.19. The molecule has 1 aromatic rings. The van der Waals surface area contributed by atoms with E-state index in [4.69, 9.17) is 5.26 Å². The molecule has 6 heteroatoms. The van der Waals surface area contributed by atoms with Crippen molar-refractivity contribution in [3.05, 3.63) is 40.7 Å². The highest BCUT2D eigenvalue weighted by molar-refractivity contribution is 5.51. The molecule has 0 atom stereocenters. The molecular formula is C12H8F5N. The van der Waals surface area contributed by atoms with Gasteiger partial charge in [0.2, 0.25) is 5.82 Å². The highest BCUT2D eigenvalue weighted by atomic mass is 19.2. The molecule has 0 unspecified atom stereocenters. The predicted octanol–water partition coefficient (Wildman–Crippen LogP) is 4.09. The van der Waals surface area contributed by atoms with Gasteiger partial charge in [0.15, 0.2) is 23.3 Å². The van der Waals surface area contributed by atoms with E-state index >= 15 is 0 Å². The lowest BCUT2D eigenvalue weighted by Gasteiger charge is -2.03. The second kappa shape index (κ2) is 6.15. The Morgan fingerprint density at radius 1 is 0.889 bits per heavy atom. The third-order valence-corrected chi connectivity index (χ3v) is 2.19. The van der Waals surface area contributed by atoms with Gasteiger partial charge in [0.25, 0.3) is 0 Å². The zero-order valence-electron chi connectivity index (χ0n) is 9.11. The van der Waals surface area contributed by atoms with Crippen LogP contribution in [0.1, 0.15) is 24.8 Å². The lowest BCUT2D eigenvalue weighted by Crippen LogP contribution is -2.03. The average Bonchev–Trinajstić information content (AvgIpc) is 2.37. The summed E-state index contributed by atoms with van der Waals surface area (Å²) in [4.78, 5) is 0. The number of nitriles is 1. The summed E-state index contributed by atoms with van der Waals surface area (Å²) in [6.07, 6.45) is 3.10. The maximum Gasteiger partial charge on any atom is 0.200 e. The SMILES string of the molecule is N#CCCC/C=C/c1c(F)c(F)c(F)c(F)c1F. The third kappa shape index (κ3) is 2.86. The summed E-state index contributed by atoms with van der Waals surface area (Å²) in [6.45, 7) is 0. The van der Waals surface area contributed by atoms with Crippen LogP contribution in [0, 0.1) is 40.4 Å². The van der Waals surface area contributed by atoms with Gasteiger partial charge < -0.3 is 0 Å². The van der Waals surface area contributed by atoms with Crippen LogP contribution in [0.15, 0.2) is 6.08 Å². The van der Waals surface area contributed by atoms with Gasteiger partial charge in [-0.25, -0.2) is 22.0 Å². The van der Waals surface area contributed by atoms with E-state index in [0.29, 0.717) is 12.8 Å². The topological polar surface area (TPSA) is 23.8 Å². The van der Waals surface area contributed by atoms with Crippen LogP contribution in [0.5, 0.6) is 0 Å². The smallest absolute Gasteiger partial charge is 0.200 e. The van der Waals surface area contributed by atoms with Crippen molar-refractivity contribution in [3.63, 3.8) is 0 Å². The number of nitrogens with zero attached hydrogens (tertiary/aromatic N) is 1. The Morgan fingerprint density at radius 3 is 1.89 bits per heavy atom. The van der Waals surface area contributed by atoms with E-state index in [1.165, 1.54) is 6.08 Å². The van der Waals surface area contributed by atoms with Gasteiger partial charge in [-0.15, -0.1) is 0 Å². The first-order valence-corrected chi connectivity index (χ1v) is 5.05. The van der Waals surface area contributed by atoms with Crippen LogP contribution in [0.25, 0.3) is 6.08 Å². The van der Waals surface area contributed by atoms with Crippen LogP contribution < -0.4 is 0 Å². The number of unbranched alkanes of at least 4 members (excludes halogenated alkanes) is 2. The van der Waals surface area contributed by atoms with E-state index < -0.39 is 34.6 Å². The standard InChI is InChI=1S/C12H8F5N/c13-8-7(5-3-1-2-4-6-18)9(14)11(16)12(17)10(8)15/h3,5H,1-2,4H2/b5-3+. The van der Waals surface area contributed by atoms with Crippen molar-refractivity contribution in [2.24, 2.45) is 0 Å². The Labute approximate surface area is 100 Å². The molecule has 1 rings (SSSR count). The molecule has 0 saturated heterocycles. The molecule has 1 aromatic carbocycles. The monoisotopic (exact) mass is 261 g/mol. The number of hydrogen-bond acceptors (Lipinski definition) is 1. The number of rotatable bonds is 4. The lowest BCUT2D eigenvalue weighted by atomic mass is 10.1. The Kier molecular flexibility index (Phi) is 4.84. The maximum atomic E-state index is 13.2. The van der Waals surface area contributed by atoms with E-state index in [1.807, 2.05) is 6.07 Å². The molecule has 0 spiro atoms. The molecule has 0 aromatic heterocycles. The van der Waals surface area contributed by atoms with Crippen molar-refractivity contribution in [3.8, 4) is 6.07 Å². The Balaban J connectivity index is 3.00. The van der Waals surface area contributed by atoms with Gasteiger partial charge in [-0.05, 0) is 12.8 Å². The molecular weight excluding hydrogens is 253 g/mol. The highest BCUT2D eigenvalue weighted by Gasteiger charge is 2.23. The first-order chi connectivity index (χ1) is 8.50. The minimum absolute atomic E-state index is 0.251. The van der Waals surface area contributed by atoms with Crippen molar-refractivity contribution in [2.45, 2.75) is 19.3 Å². The van der Waals surface area contributed by atoms with Crippen LogP contribution in [-0.4, -0.2) is 0 Å². The van der Waals surface area contributed by atoms with E-state index in [-0.39, 0.29) is 6.42 Å². The second-order valence-electron chi connectivity index (χ2n) is 3.44. The Hall–Kier alpha value is -1.90. The quantitative estimate of drug-likeness (QED) is 0.346. The summed E-state index contributed by atoms with van der Waals surface area (Å²) in [5.41, 5.74) is -0.969. The van der Waals surface area contributed by atoms with Crippen molar-refractivity contribution < 1.29 is 22.0 Å². The predicted molar refractivity (Wildman–Crippen MR) is 54.7 cm³/mol. The van der Waals surface area contributed by atoms with Crippen LogP contribution in [-0.2, 0) is 0 Å². The van der Waals surface area contributed by atoms with Crippen molar-refractivity contribution >= 4 is 6.08 Å². The van der Waals surface area contributed by atoms with Gasteiger partial charge >= 0.3 is 0 Å². The van der Waals surface area contributed by atoms with E-state index in [2.05, 4.69) is 0 Å². The zero-order chi connectivity index (χ0) is 13.7. The zero-order valence-corrected chi connectivity index (χ0v) is 9.11. The van der Waals surface area contributed by atoms with Crippen molar-refractivity contribution in [2.75, 3.05) is 0 Å². The van der Waals surface area contributed by atoms with Gasteiger partial charge in [0, 0.05) is 6.42 Å². The number of hydrogen-bond donors (Lipinski definition) is 0. The van der Waals surface area contributed by atoms with Gasteiger partial charge in [0.05, 0.1) is 11.6 Å². The van der Waals surface area contributed by atoms with Crippen LogP contribution in [0.4, 0.5) is 22.0 Å². The number of allylic oxidation sites excluding steroid dienone is 1. The minimum atomic E-state index is -2.17. The Bertz CT molecular complexity index is 487. The fourth-order valence-corrected chi connectivity index (χ4v) is 1.27. The van der Waals surface area contributed by atoms with E-state index in [1.54, 1.807) is 0 Å². The molecule has 96 valence electrons. The molecule has 0 fully saturated rings. The molecule has 0 aliphatic carbocycles. The number of benzene rings is 1. The van der Waals surface area contributed by atoms with E-state index in [9.17, 15) is 22.0 Å². The normalized spacial score (nSPS) is 10.9. The van der Waals surface area contributed by atoms with Crippen molar-refractivity contribution in [1.29, 1.82) is 5.26 Å². The average molecular weight is 261 g/mol. The molecule has 0 heterocycles. The summed E-state index contributed by atoms with van der Waals surface area (Å²) >= 11 is 0. The first kappa shape index (κ1) is 14.2. The summed E-state index contributed by atoms with van der Waals surface area (Å²) in [5.74, 6) is -9.83.